The molecule has 31 heavy (non-hydrogen) atoms. The average molecular weight is 417 g/mol. The predicted molar refractivity (Wildman–Crippen MR) is 116 cm³/mol. The standard InChI is InChI=1S/C25H23NO5/c27-22(19-8-4-9-20(16-19)26-15-5-10-24(26)28)17-30-25(29)14-12-21-11-13-23(31-21)18-6-2-1-3-7-18/h1-4,6-9,11,13,16H,5,10,12,14-15,17H2. The minimum absolute atomic E-state index is 0.0596. The fraction of sp³-hybridized carbons (Fsp3) is 0.240. The van der Waals surface area contributed by atoms with E-state index in [2.05, 4.69) is 0 Å². The highest BCUT2D eigenvalue weighted by Crippen LogP contribution is 2.23. The van der Waals surface area contributed by atoms with Crippen molar-refractivity contribution in [1.29, 1.82) is 0 Å². The molecule has 1 amide bonds. The molecule has 1 fully saturated rings. The summed E-state index contributed by atoms with van der Waals surface area (Å²) in [6, 6.07) is 20.3. The normalized spacial score (nSPS) is 13.4. The third-order valence-electron chi connectivity index (χ3n) is 5.21. The smallest absolute Gasteiger partial charge is 0.306 e. The number of furan rings is 1. The van der Waals surface area contributed by atoms with Gasteiger partial charge < -0.3 is 14.1 Å². The highest BCUT2D eigenvalue weighted by Gasteiger charge is 2.22. The first-order valence-electron chi connectivity index (χ1n) is 10.3. The fourth-order valence-electron chi connectivity index (χ4n) is 3.57. The van der Waals surface area contributed by atoms with Crippen LogP contribution < -0.4 is 4.90 Å². The zero-order valence-corrected chi connectivity index (χ0v) is 17.1. The lowest BCUT2D eigenvalue weighted by Crippen LogP contribution is -2.24. The number of ketones is 1. The first kappa shape index (κ1) is 20.6. The Kier molecular flexibility index (Phi) is 6.26. The Hall–Kier alpha value is -3.67. The molecule has 1 saturated heterocycles. The summed E-state index contributed by atoms with van der Waals surface area (Å²) in [5.41, 5.74) is 2.09. The van der Waals surface area contributed by atoms with Crippen LogP contribution in [0.4, 0.5) is 5.69 Å². The Morgan fingerprint density at radius 3 is 2.61 bits per heavy atom. The van der Waals surface area contributed by atoms with Crippen LogP contribution in [0.1, 0.15) is 35.4 Å². The van der Waals surface area contributed by atoms with Crippen molar-refractivity contribution in [2.24, 2.45) is 0 Å². The minimum atomic E-state index is -0.461. The van der Waals surface area contributed by atoms with E-state index in [1.165, 1.54) is 0 Å². The second-order valence-electron chi connectivity index (χ2n) is 7.42. The van der Waals surface area contributed by atoms with E-state index < -0.39 is 5.97 Å². The first-order chi connectivity index (χ1) is 15.1. The lowest BCUT2D eigenvalue weighted by molar-refractivity contribution is -0.142. The summed E-state index contributed by atoms with van der Waals surface area (Å²) in [5.74, 6) is 0.730. The number of hydrogen-bond acceptors (Lipinski definition) is 5. The maximum absolute atomic E-state index is 12.4. The van der Waals surface area contributed by atoms with E-state index in [1.807, 2.05) is 42.5 Å². The van der Waals surface area contributed by atoms with Gasteiger partial charge in [-0.2, -0.15) is 0 Å². The van der Waals surface area contributed by atoms with Gasteiger partial charge in [0.25, 0.3) is 0 Å². The summed E-state index contributed by atoms with van der Waals surface area (Å²) in [6.45, 7) is 0.327. The molecular weight excluding hydrogens is 394 g/mol. The molecule has 0 aliphatic carbocycles. The van der Waals surface area contributed by atoms with Crippen LogP contribution in [0.15, 0.2) is 71.1 Å². The highest BCUT2D eigenvalue weighted by molar-refractivity contribution is 6.01. The van der Waals surface area contributed by atoms with Crippen LogP contribution in [-0.2, 0) is 20.7 Å². The van der Waals surface area contributed by atoms with Crippen LogP contribution in [0.2, 0.25) is 0 Å². The zero-order valence-electron chi connectivity index (χ0n) is 17.1. The van der Waals surface area contributed by atoms with Crippen LogP contribution in [0.5, 0.6) is 0 Å². The summed E-state index contributed by atoms with van der Waals surface area (Å²) in [4.78, 5) is 38.1. The number of aryl methyl sites for hydroxylation is 1. The van der Waals surface area contributed by atoms with Crippen LogP contribution in [-0.4, -0.2) is 30.8 Å². The molecule has 1 aliphatic heterocycles. The lowest BCUT2D eigenvalue weighted by atomic mass is 10.1. The van der Waals surface area contributed by atoms with Crippen molar-refractivity contribution in [2.75, 3.05) is 18.1 Å². The monoisotopic (exact) mass is 417 g/mol. The third kappa shape index (κ3) is 5.09. The van der Waals surface area contributed by atoms with E-state index in [0.29, 0.717) is 36.4 Å². The number of carbonyl (C=O) groups is 3. The van der Waals surface area contributed by atoms with Crippen molar-refractivity contribution >= 4 is 23.3 Å². The summed E-state index contributed by atoms with van der Waals surface area (Å²) < 4.78 is 10.9. The Morgan fingerprint density at radius 1 is 1.00 bits per heavy atom. The van der Waals surface area contributed by atoms with Crippen LogP contribution in [0, 0.1) is 0 Å². The van der Waals surface area contributed by atoms with Gasteiger partial charge in [0.15, 0.2) is 12.4 Å². The van der Waals surface area contributed by atoms with Gasteiger partial charge in [-0.1, -0.05) is 42.5 Å². The number of esters is 1. The summed E-state index contributed by atoms with van der Waals surface area (Å²) >= 11 is 0. The quantitative estimate of drug-likeness (QED) is 0.400. The van der Waals surface area contributed by atoms with E-state index >= 15 is 0 Å². The molecule has 2 heterocycles. The molecule has 0 atom stereocenters. The number of nitrogens with zero attached hydrogens (tertiary/aromatic N) is 1. The number of hydrogen-bond donors (Lipinski definition) is 0. The molecule has 6 heteroatoms. The van der Waals surface area contributed by atoms with Crippen LogP contribution >= 0.6 is 0 Å². The fourth-order valence-corrected chi connectivity index (χ4v) is 3.57. The maximum atomic E-state index is 12.4. The number of benzene rings is 2. The summed E-state index contributed by atoms with van der Waals surface area (Å²) in [5, 5.41) is 0. The summed E-state index contributed by atoms with van der Waals surface area (Å²) in [6.07, 6.45) is 1.86. The molecule has 0 saturated carbocycles. The van der Waals surface area contributed by atoms with Gasteiger partial charge in [0.1, 0.15) is 11.5 Å². The molecule has 1 aliphatic rings. The largest absolute Gasteiger partial charge is 0.461 e. The molecule has 2 aromatic carbocycles. The molecule has 6 nitrogen and oxygen atoms in total. The van der Waals surface area contributed by atoms with E-state index in [4.69, 9.17) is 9.15 Å². The number of amides is 1. The van der Waals surface area contributed by atoms with Gasteiger partial charge in [-0.15, -0.1) is 0 Å². The van der Waals surface area contributed by atoms with Crippen molar-refractivity contribution in [1.82, 2.24) is 0 Å². The molecule has 0 unspecified atom stereocenters. The third-order valence-corrected chi connectivity index (χ3v) is 5.21. The van der Waals surface area contributed by atoms with Gasteiger partial charge >= 0.3 is 5.97 Å². The molecule has 158 valence electrons. The van der Waals surface area contributed by atoms with E-state index in [0.717, 1.165) is 17.7 Å². The Labute approximate surface area is 180 Å². The van der Waals surface area contributed by atoms with Crippen molar-refractivity contribution in [2.45, 2.75) is 25.7 Å². The van der Waals surface area contributed by atoms with E-state index in [9.17, 15) is 14.4 Å². The van der Waals surface area contributed by atoms with Crippen molar-refractivity contribution in [3.63, 3.8) is 0 Å². The van der Waals surface area contributed by atoms with E-state index in [1.54, 1.807) is 29.2 Å². The lowest BCUT2D eigenvalue weighted by Gasteiger charge is -2.16. The SMILES string of the molecule is O=C(CCc1ccc(-c2ccccc2)o1)OCC(=O)c1cccc(N2CCCC2=O)c1. The summed E-state index contributed by atoms with van der Waals surface area (Å²) in [7, 11) is 0. The Bertz CT molecular complexity index is 1090. The molecular formula is C25H23NO5. The second kappa shape index (κ2) is 9.43. The minimum Gasteiger partial charge on any atom is -0.461 e. The van der Waals surface area contributed by atoms with Gasteiger partial charge in [0, 0.05) is 36.2 Å². The Balaban J connectivity index is 1.27. The van der Waals surface area contributed by atoms with Gasteiger partial charge in [0.2, 0.25) is 5.91 Å². The number of ether oxygens (including phenoxy) is 1. The highest BCUT2D eigenvalue weighted by atomic mass is 16.5. The first-order valence-corrected chi connectivity index (χ1v) is 10.3. The van der Waals surface area contributed by atoms with Crippen molar-refractivity contribution in [3.8, 4) is 11.3 Å². The van der Waals surface area contributed by atoms with Gasteiger partial charge in [-0.3, -0.25) is 14.4 Å². The molecule has 0 spiro atoms. The molecule has 0 radical (unpaired) electrons. The maximum Gasteiger partial charge on any atom is 0.306 e. The van der Waals surface area contributed by atoms with Gasteiger partial charge in [-0.05, 0) is 30.7 Å². The second-order valence-corrected chi connectivity index (χ2v) is 7.42. The zero-order chi connectivity index (χ0) is 21.6. The predicted octanol–water partition coefficient (Wildman–Crippen LogP) is 4.43. The number of carbonyl (C=O) groups excluding carboxylic acids is 3. The number of Topliss-reactive ketones (excluding diaryl/α,β-unsaturated/α-hetero) is 1. The van der Waals surface area contributed by atoms with E-state index in [-0.39, 0.29) is 24.7 Å². The molecule has 3 aromatic rings. The number of anilines is 1. The molecule has 4 rings (SSSR count). The molecule has 0 N–H and O–H groups in total. The van der Waals surface area contributed by atoms with Gasteiger partial charge in [0.05, 0.1) is 6.42 Å². The average Bonchev–Trinajstić information content (AvgIpc) is 3.46. The Morgan fingerprint density at radius 2 is 1.84 bits per heavy atom. The molecule has 1 aromatic heterocycles. The molecule has 0 bridgehead atoms. The van der Waals surface area contributed by atoms with Crippen molar-refractivity contribution < 1.29 is 23.5 Å². The van der Waals surface area contributed by atoms with Gasteiger partial charge in [-0.25, -0.2) is 0 Å². The number of rotatable bonds is 8. The topological polar surface area (TPSA) is 76.8 Å². The van der Waals surface area contributed by atoms with Crippen LogP contribution in [0.3, 0.4) is 0 Å². The van der Waals surface area contributed by atoms with Crippen molar-refractivity contribution in [3.05, 3.63) is 78.1 Å². The van der Waals surface area contributed by atoms with Crippen LogP contribution in [0.25, 0.3) is 11.3 Å².